The van der Waals surface area contributed by atoms with Crippen molar-refractivity contribution in [3.63, 3.8) is 0 Å². The first-order valence-corrected chi connectivity index (χ1v) is 3.35. The molecular weight excluding hydrogens is 184 g/mol. The van der Waals surface area contributed by atoms with E-state index in [4.69, 9.17) is 10.8 Å². The predicted molar refractivity (Wildman–Crippen MR) is 38.2 cm³/mol. The van der Waals surface area contributed by atoms with Crippen LogP contribution in [-0.2, 0) is 4.79 Å². The molecule has 0 aliphatic rings. The molecule has 0 saturated carbocycles. The quantitative estimate of drug-likeness (QED) is 0.747. The van der Waals surface area contributed by atoms with Crippen LogP contribution in [0.25, 0.3) is 0 Å². The van der Waals surface area contributed by atoms with Gasteiger partial charge in [0.15, 0.2) is 0 Å². The number of carboxylic acids is 1. The van der Waals surface area contributed by atoms with Crippen LogP contribution >= 0.6 is 0 Å². The normalized spacial score (nSPS) is 14.1. The first-order valence-electron chi connectivity index (χ1n) is 3.35. The Hall–Kier alpha value is -1.43. The van der Waals surface area contributed by atoms with Crippen molar-refractivity contribution in [2.24, 2.45) is 5.73 Å². The minimum atomic E-state index is -3.98. The lowest BCUT2D eigenvalue weighted by molar-refractivity contribution is -0.168. The highest BCUT2D eigenvalue weighted by Crippen LogP contribution is 2.29. The molecule has 0 aromatic carbocycles. The first-order chi connectivity index (χ1) is 5.96. The van der Waals surface area contributed by atoms with Gasteiger partial charge in [-0.05, 0) is 6.07 Å². The van der Waals surface area contributed by atoms with Crippen LogP contribution in [0.1, 0.15) is 11.6 Å². The molecule has 1 heterocycles. The zero-order chi connectivity index (χ0) is 10.1. The number of halogens is 2. The average molecular weight is 191 g/mol. The van der Waals surface area contributed by atoms with Gasteiger partial charge in [-0.2, -0.15) is 8.78 Å². The van der Waals surface area contributed by atoms with E-state index in [1.165, 1.54) is 6.07 Å². The molecule has 4 nitrogen and oxygen atoms in total. The zero-order valence-corrected chi connectivity index (χ0v) is 6.41. The van der Waals surface area contributed by atoms with E-state index >= 15 is 0 Å². The molecular formula is C7H7F2NO3. The van der Waals surface area contributed by atoms with Gasteiger partial charge >= 0.3 is 11.9 Å². The van der Waals surface area contributed by atoms with E-state index in [1.54, 1.807) is 0 Å². The molecule has 0 saturated heterocycles. The molecule has 6 heteroatoms. The van der Waals surface area contributed by atoms with E-state index in [0.29, 0.717) is 0 Å². The fraction of sp³-hybridized carbons (Fsp3) is 0.286. The van der Waals surface area contributed by atoms with Crippen molar-refractivity contribution in [3.05, 3.63) is 24.2 Å². The molecule has 0 amide bonds. The summed E-state index contributed by atoms with van der Waals surface area (Å²) in [6.45, 7) is 0. The Morgan fingerprint density at radius 3 is 2.69 bits per heavy atom. The van der Waals surface area contributed by atoms with E-state index in [1.807, 2.05) is 0 Å². The molecule has 0 aliphatic carbocycles. The Labute approximate surface area is 71.9 Å². The van der Waals surface area contributed by atoms with Gasteiger partial charge in [-0.25, -0.2) is 4.79 Å². The average Bonchev–Trinajstić information content (AvgIpc) is 2.54. The summed E-state index contributed by atoms with van der Waals surface area (Å²) < 4.78 is 30.0. The van der Waals surface area contributed by atoms with Crippen LogP contribution in [-0.4, -0.2) is 17.0 Å². The molecule has 13 heavy (non-hydrogen) atoms. The third-order valence-corrected chi connectivity index (χ3v) is 1.58. The summed E-state index contributed by atoms with van der Waals surface area (Å²) >= 11 is 0. The van der Waals surface area contributed by atoms with Crippen molar-refractivity contribution in [3.8, 4) is 0 Å². The molecule has 0 aliphatic heterocycles. The number of aliphatic carboxylic acids is 1. The van der Waals surface area contributed by atoms with Gasteiger partial charge in [-0.1, -0.05) is 0 Å². The standard InChI is InChI=1S/C7H7F2NO3/c8-7(9,6(11)12)5(10)4-1-2-13-3-4/h1-3,5H,10H2,(H,11,12). The Morgan fingerprint density at radius 1 is 1.69 bits per heavy atom. The highest BCUT2D eigenvalue weighted by atomic mass is 19.3. The van der Waals surface area contributed by atoms with Crippen molar-refractivity contribution in [2.75, 3.05) is 0 Å². The smallest absolute Gasteiger partial charge is 0.376 e. The van der Waals surface area contributed by atoms with Gasteiger partial charge in [0.2, 0.25) is 0 Å². The van der Waals surface area contributed by atoms with Crippen LogP contribution in [0, 0.1) is 0 Å². The SMILES string of the molecule is NC(c1ccoc1)C(F)(F)C(=O)O. The molecule has 1 unspecified atom stereocenters. The largest absolute Gasteiger partial charge is 0.477 e. The molecule has 0 spiro atoms. The lowest BCUT2D eigenvalue weighted by atomic mass is 10.1. The number of alkyl halides is 2. The molecule has 0 fully saturated rings. The van der Waals surface area contributed by atoms with Gasteiger partial charge < -0.3 is 15.3 Å². The second-order valence-electron chi connectivity index (χ2n) is 2.46. The fourth-order valence-electron chi connectivity index (χ4n) is 0.794. The topological polar surface area (TPSA) is 76.5 Å². The molecule has 0 radical (unpaired) electrons. The van der Waals surface area contributed by atoms with Crippen LogP contribution in [0.3, 0.4) is 0 Å². The Bertz CT molecular complexity index is 297. The van der Waals surface area contributed by atoms with Gasteiger partial charge in [0, 0.05) is 5.56 Å². The maximum atomic E-state index is 12.7. The summed E-state index contributed by atoms with van der Waals surface area (Å²) in [5.74, 6) is -6.23. The maximum Gasteiger partial charge on any atom is 0.376 e. The Balaban J connectivity index is 2.90. The van der Waals surface area contributed by atoms with Crippen molar-refractivity contribution in [1.82, 2.24) is 0 Å². The van der Waals surface area contributed by atoms with Crippen LogP contribution in [0.15, 0.2) is 23.0 Å². The van der Waals surface area contributed by atoms with Crippen molar-refractivity contribution in [1.29, 1.82) is 0 Å². The van der Waals surface area contributed by atoms with E-state index in [9.17, 15) is 13.6 Å². The molecule has 1 aromatic heterocycles. The minimum absolute atomic E-state index is 0.0487. The third kappa shape index (κ3) is 1.67. The molecule has 1 atom stereocenters. The summed E-state index contributed by atoms with van der Waals surface area (Å²) in [5, 5.41) is 8.15. The Kier molecular flexibility index (Phi) is 2.33. The van der Waals surface area contributed by atoms with Gasteiger partial charge in [0.05, 0.1) is 12.5 Å². The number of hydrogen-bond acceptors (Lipinski definition) is 3. The summed E-state index contributed by atoms with van der Waals surface area (Å²) in [6.07, 6.45) is 2.13. The van der Waals surface area contributed by atoms with Crippen molar-refractivity contribution < 1.29 is 23.1 Å². The van der Waals surface area contributed by atoms with E-state index in [0.717, 1.165) is 12.5 Å². The summed E-state index contributed by atoms with van der Waals surface area (Å²) in [7, 11) is 0. The van der Waals surface area contributed by atoms with Gasteiger partial charge in [0.25, 0.3) is 0 Å². The molecule has 72 valence electrons. The highest BCUT2D eigenvalue weighted by molar-refractivity contribution is 5.76. The number of nitrogens with two attached hydrogens (primary N) is 1. The number of carboxylic acid groups (broad SMARTS) is 1. The minimum Gasteiger partial charge on any atom is -0.477 e. The zero-order valence-electron chi connectivity index (χ0n) is 6.41. The second kappa shape index (κ2) is 3.14. The maximum absolute atomic E-state index is 12.7. The molecule has 1 rings (SSSR count). The second-order valence-corrected chi connectivity index (χ2v) is 2.46. The van der Waals surface area contributed by atoms with Crippen LogP contribution in [0.4, 0.5) is 8.78 Å². The number of hydrogen-bond donors (Lipinski definition) is 2. The fourth-order valence-corrected chi connectivity index (χ4v) is 0.794. The molecule has 0 bridgehead atoms. The van der Waals surface area contributed by atoms with Crippen LogP contribution in [0.5, 0.6) is 0 Å². The number of furan rings is 1. The predicted octanol–water partition coefficient (Wildman–Crippen LogP) is 0.999. The van der Waals surface area contributed by atoms with E-state index < -0.39 is 17.9 Å². The van der Waals surface area contributed by atoms with E-state index in [-0.39, 0.29) is 5.56 Å². The van der Waals surface area contributed by atoms with Crippen LogP contribution in [0.2, 0.25) is 0 Å². The highest BCUT2D eigenvalue weighted by Gasteiger charge is 2.46. The lowest BCUT2D eigenvalue weighted by Gasteiger charge is -2.17. The van der Waals surface area contributed by atoms with E-state index in [2.05, 4.69) is 4.42 Å². The van der Waals surface area contributed by atoms with Crippen molar-refractivity contribution in [2.45, 2.75) is 12.0 Å². The number of rotatable bonds is 3. The monoisotopic (exact) mass is 191 g/mol. The molecule has 1 aromatic rings. The van der Waals surface area contributed by atoms with Gasteiger partial charge in [-0.15, -0.1) is 0 Å². The summed E-state index contributed by atoms with van der Waals surface area (Å²) in [6, 6.07) is -0.689. The molecule has 3 N–H and O–H groups in total. The van der Waals surface area contributed by atoms with Gasteiger partial charge in [0.1, 0.15) is 6.04 Å². The summed E-state index contributed by atoms with van der Waals surface area (Å²) in [5.41, 5.74) is 4.98. The lowest BCUT2D eigenvalue weighted by Crippen LogP contribution is -2.40. The Morgan fingerprint density at radius 2 is 2.31 bits per heavy atom. The van der Waals surface area contributed by atoms with Crippen LogP contribution < -0.4 is 5.73 Å². The van der Waals surface area contributed by atoms with Gasteiger partial charge in [-0.3, -0.25) is 0 Å². The first kappa shape index (κ1) is 9.66. The summed E-state index contributed by atoms with van der Waals surface area (Å²) in [4.78, 5) is 10.1. The third-order valence-electron chi connectivity index (χ3n) is 1.58. The van der Waals surface area contributed by atoms with Crippen molar-refractivity contribution >= 4 is 5.97 Å². The number of carbonyl (C=O) groups is 1.